The first-order chi connectivity index (χ1) is 6.65. The Morgan fingerprint density at radius 3 is 2.71 bits per heavy atom. The van der Waals surface area contributed by atoms with E-state index >= 15 is 0 Å². The largest absolute Gasteiger partial charge is 0.381 e. The second kappa shape index (κ2) is 4.02. The predicted molar refractivity (Wildman–Crippen MR) is 63.7 cm³/mol. The van der Waals surface area contributed by atoms with Gasteiger partial charge in [-0.3, -0.25) is 0 Å². The molecule has 4 heteroatoms. The molecule has 0 heterocycles. The monoisotopic (exact) mass is 306 g/mol. The van der Waals surface area contributed by atoms with E-state index in [0.29, 0.717) is 12.1 Å². The third kappa shape index (κ3) is 2.17. The van der Waals surface area contributed by atoms with E-state index in [9.17, 15) is 4.39 Å². The number of hydrogen-bond donors (Lipinski definition) is 2. The van der Waals surface area contributed by atoms with Crippen LogP contribution in [-0.4, -0.2) is 12.1 Å². The maximum Gasteiger partial charge on any atom is 0.124 e. The number of nitrogens with one attached hydrogen (secondary N) is 1. The molecule has 1 fully saturated rings. The molecule has 0 aromatic heterocycles. The molecule has 76 valence electrons. The van der Waals surface area contributed by atoms with Crippen molar-refractivity contribution in [2.45, 2.75) is 24.9 Å². The Morgan fingerprint density at radius 1 is 1.43 bits per heavy atom. The van der Waals surface area contributed by atoms with Gasteiger partial charge in [-0.1, -0.05) is 0 Å². The fourth-order valence-electron chi connectivity index (χ4n) is 1.61. The van der Waals surface area contributed by atoms with Crippen molar-refractivity contribution >= 4 is 28.3 Å². The fraction of sp³-hybridized carbons (Fsp3) is 0.400. The van der Waals surface area contributed by atoms with Gasteiger partial charge in [0.2, 0.25) is 0 Å². The van der Waals surface area contributed by atoms with Gasteiger partial charge in [-0.05, 0) is 53.6 Å². The van der Waals surface area contributed by atoms with Crippen molar-refractivity contribution in [1.29, 1.82) is 0 Å². The third-order valence-corrected chi connectivity index (χ3v) is 3.36. The summed E-state index contributed by atoms with van der Waals surface area (Å²) < 4.78 is 13.7. The smallest absolute Gasteiger partial charge is 0.124 e. The second-order valence-electron chi connectivity index (χ2n) is 3.70. The van der Waals surface area contributed by atoms with E-state index in [4.69, 9.17) is 5.73 Å². The van der Waals surface area contributed by atoms with Crippen LogP contribution in [0.4, 0.5) is 10.1 Å². The zero-order valence-electron chi connectivity index (χ0n) is 7.63. The zero-order chi connectivity index (χ0) is 10.1. The quantitative estimate of drug-likeness (QED) is 0.823. The van der Waals surface area contributed by atoms with Crippen LogP contribution in [0.1, 0.15) is 12.8 Å². The minimum atomic E-state index is -0.190. The molecule has 3 N–H and O–H groups in total. The van der Waals surface area contributed by atoms with E-state index in [0.717, 1.165) is 22.1 Å². The molecule has 0 saturated heterocycles. The number of halogens is 2. The van der Waals surface area contributed by atoms with Crippen LogP contribution in [0.15, 0.2) is 18.2 Å². The van der Waals surface area contributed by atoms with E-state index < -0.39 is 0 Å². The van der Waals surface area contributed by atoms with Crippen LogP contribution in [0, 0.1) is 9.39 Å². The van der Waals surface area contributed by atoms with Gasteiger partial charge in [0, 0.05) is 21.3 Å². The fourth-order valence-corrected chi connectivity index (χ4v) is 2.24. The summed E-state index contributed by atoms with van der Waals surface area (Å²) in [7, 11) is 0. The summed E-state index contributed by atoms with van der Waals surface area (Å²) in [5, 5.41) is 3.35. The van der Waals surface area contributed by atoms with Crippen molar-refractivity contribution in [3.05, 3.63) is 27.6 Å². The topological polar surface area (TPSA) is 38.0 Å². The summed E-state index contributed by atoms with van der Waals surface area (Å²) in [6.45, 7) is 0. The summed E-state index contributed by atoms with van der Waals surface area (Å²) in [4.78, 5) is 0. The molecular weight excluding hydrogens is 294 g/mol. The standard InChI is InChI=1S/C10H12FIN2/c11-6-1-2-10(9(12)3-6)14-8-4-7(13)5-8/h1-3,7-8,14H,4-5,13H2. The van der Waals surface area contributed by atoms with Crippen LogP contribution in [0.25, 0.3) is 0 Å². The highest BCUT2D eigenvalue weighted by Gasteiger charge is 2.25. The van der Waals surface area contributed by atoms with Crippen molar-refractivity contribution < 1.29 is 4.39 Å². The lowest BCUT2D eigenvalue weighted by atomic mass is 9.87. The number of anilines is 1. The lowest BCUT2D eigenvalue weighted by Gasteiger charge is -2.34. The number of benzene rings is 1. The van der Waals surface area contributed by atoms with Gasteiger partial charge in [0.05, 0.1) is 0 Å². The Kier molecular flexibility index (Phi) is 2.92. The van der Waals surface area contributed by atoms with Crippen LogP contribution < -0.4 is 11.1 Å². The van der Waals surface area contributed by atoms with E-state index in [-0.39, 0.29) is 5.82 Å². The lowest BCUT2D eigenvalue weighted by molar-refractivity contribution is 0.373. The molecule has 2 rings (SSSR count). The molecule has 0 aliphatic heterocycles. The Bertz CT molecular complexity index is 337. The second-order valence-corrected chi connectivity index (χ2v) is 4.86. The highest BCUT2D eigenvalue weighted by atomic mass is 127. The molecule has 14 heavy (non-hydrogen) atoms. The van der Waals surface area contributed by atoms with Crippen LogP contribution in [0.3, 0.4) is 0 Å². The van der Waals surface area contributed by atoms with E-state index in [1.807, 2.05) is 0 Å². The molecule has 0 radical (unpaired) electrons. The highest BCUT2D eigenvalue weighted by Crippen LogP contribution is 2.26. The van der Waals surface area contributed by atoms with Crippen molar-refractivity contribution in [3.8, 4) is 0 Å². The third-order valence-electron chi connectivity index (χ3n) is 2.47. The molecule has 0 atom stereocenters. The van der Waals surface area contributed by atoms with Gasteiger partial charge in [0.25, 0.3) is 0 Å². The predicted octanol–water partition coefficient (Wildman–Crippen LogP) is 2.33. The maximum atomic E-state index is 12.8. The van der Waals surface area contributed by atoms with Gasteiger partial charge in [0.15, 0.2) is 0 Å². The molecule has 0 amide bonds. The Hall–Kier alpha value is -0.360. The zero-order valence-corrected chi connectivity index (χ0v) is 9.79. The van der Waals surface area contributed by atoms with Gasteiger partial charge in [-0.2, -0.15) is 0 Å². The van der Waals surface area contributed by atoms with E-state index in [1.165, 1.54) is 12.1 Å². The number of hydrogen-bond acceptors (Lipinski definition) is 2. The number of rotatable bonds is 2. The van der Waals surface area contributed by atoms with Crippen molar-refractivity contribution in [1.82, 2.24) is 0 Å². The van der Waals surface area contributed by atoms with Crippen molar-refractivity contribution in [2.75, 3.05) is 5.32 Å². The normalized spacial score (nSPS) is 25.6. The SMILES string of the molecule is NC1CC(Nc2ccc(F)cc2I)C1. The van der Waals surface area contributed by atoms with Gasteiger partial charge >= 0.3 is 0 Å². The molecule has 0 spiro atoms. The Labute approximate surface area is 96.2 Å². The molecule has 1 saturated carbocycles. The van der Waals surface area contributed by atoms with Gasteiger partial charge < -0.3 is 11.1 Å². The van der Waals surface area contributed by atoms with Crippen LogP contribution in [0.5, 0.6) is 0 Å². The van der Waals surface area contributed by atoms with E-state index in [2.05, 4.69) is 27.9 Å². The lowest BCUT2D eigenvalue weighted by Crippen LogP contribution is -2.44. The molecule has 1 aliphatic rings. The molecule has 0 unspecified atom stereocenters. The summed E-state index contributed by atoms with van der Waals surface area (Å²) >= 11 is 2.13. The molecule has 0 bridgehead atoms. The average molecular weight is 306 g/mol. The highest BCUT2D eigenvalue weighted by molar-refractivity contribution is 14.1. The molecular formula is C10H12FIN2. The minimum absolute atomic E-state index is 0.190. The Morgan fingerprint density at radius 2 is 2.14 bits per heavy atom. The first-order valence-corrected chi connectivity index (χ1v) is 5.70. The van der Waals surface area contributed by atoms with Gasteiger partial charge in [-0.15, -0.1) is 0 Å². The first kappa shape index (κ1) is 10.2. The van der Waals surface area contributed by atoms with E-state index in [1.54, 1.807) is 6.07 Å². The first-order valence-electron chi connectivity index (χ1n) is 4.62. The number of nitrogens with two attached hydrogens (primary N) is 1. The molecule has 1 aliphatic carbocycles. The van der Waals surface area contributed by atoms with Gasteiger partial charge in [0.1, 0.15) is 5.82 Å². The van der Waals surface area contributed by atoms with Crippen LogP contribution >= 0.6 is 22.6 Å². The molecule has 1 aromatic carbocycles. The summed E-state index contributed by atoms with van der Waals surface area (Å²) in [5.41, 5.74) is 6.69. The van der Waals surface area contributed by atoms with Gasteiger partial charge in [-0.25, -0.2) is 4.39 Å². The van der Waals surface area contributed by atoms with Crippen LogP contribution in [0.2, 0.25) is 0 Å². The average Bonchev–Trinajstić information content (AvgIpc) is 2.06. The summed E-state index contributed by atoms with van der Waals surface area (Å²) in [5.74, 6) is -0.190. The molecule has 1 aromatic rings. The van der Waals surface area contributed by atoms with Crippen LogP contribution in [-0.2, 0) is 0 Å². The molecule has 2 nitrogen and oxygen atoms in total. The van der Waals surface area contributed by atoms with Crippen molar-refractivity contribution in [3.63, 3.8) is 0 Å². The minimum Gasteiger partial charge on any atom is -0.381 e. The summed E-state index contributed by atoms with van der Waals surface area (Å²) in [6.07, 6.45) is 2.01. The van der Waals surface area contributed by atoms with Crippen molar-refractivity contribution in [2.24, 2.45) is 5.73 Å². The summed E-state index contributed by atoms with van der Waals surface area (Å²) in [6, 6.07) is 5.58. The Balaban J connectivity index is 2.02. The maximum absolute atomic E-state index is 12.8.